The van der Waals surface area contributed by atoms with Crippen molar-refractivity contribution in [3.05, 3.63) is 24.3 Å². The van der Waals surface area contributed by atoms with E-state index in [-0.39, 0.29) is 11.8 Å². The Hall–Kier alpha value is -2.68. The third kappa shape index (κ3) is 4.98. The van der Waals surface area contributed by atoms with Gasteiger partial charge in [0.1, 0.15) is 11.6 Å². The average Bonchev–Trinajstić information content (AvgIpc) is 3.08. The number of carbonyl (C=O) groups is 2. The molecule has 3 rings (SSSR count). The summed E-state index contributed by atoms with van der Waals surface area (Å²) >= 11 is 1.26. The molecule has 0 aliphatic rings. The lowest BCUT2D eigenvalue weighted by atomic mass is 10.0. The van der Waals surface area contributed by atoms with Gasteiger partial charge in [-0.05, 0) is 31.7 Å². The van der Waals surface area contributed by atoms with Gasteiger partial charge in [-0.3, -0.25) is 4.79 Å². The van der Waals surface area contributed by atoms with E-state index in [0.29, 0.717) is 18.0 Å². The summed E-state index contributed by atoms with van der Waals surface area (Å²) in [7, 11) is 1.33. The number of aromatic nitrogens is 4. The quantitative estimate of drug-likeness (QED) is 0.399. The number of rotatable bonds is 9. The average molecular weight is 444 g/mol. The summed E-state index contributed by atoms with van der Waals surface area (Å²) in [5.74, 6) is -0.431. The van der Waals surface area contributed by atoms with E-state index in [4.69, 9.17) is 9.72 Å². The molecule has 2 heterocycles. The van der Waals surface area contributed by atoms with Gasteiger partial charge in [-0.15, -0.1) is 10.2 Å². The van der Waals surface area contributed by atoms with Crippen molar-refractivity contribution >= 4 is 45.7 Å². The molecule has 1 amide bonds. The molecule has 8 nitrogen and oxygen atoms in total. The van der Waals surface area contributed by atoms with Gasteiger partial charge in [-0.25, -0.2) is 9.78 Å². The van der Waals surface area contributed by atoms with Gasteiger partial charge in [0.15, 0.2) is 5.65 Å². The first-order valence-electron chi connectivity index (χ1n) is 10.6. The van der Waals surface area contributed by atoms with Crippen LogP contribution in [0.5, 0.6) is 0 Å². The Labute approximate surface area is 186 Å². The molecule has 0 bridgehead atoms. The van der Waals surface area contributed by atoms with Crippen molar-refractivity contribution in [2.24, 2.45) is 5.92 Å². The monoisotopic (exact) mass is 443 g/mol. The van der Waals surface area contributed by atoms with E-state index in [9.17, 15) is 9.59 Å². The smallest absolute Gasteiger partial charge is 0.328 e. The van der Waals surface area contributed by atoms with Crippen molar-refractivity contribution in [3.8, 4) is 0 Å². The number of benzene rings is 1. The molecule has 2 aromatic heterocycles. The Morgan fingerprint density at radius 1 is 1.19 bits per heavy atom. The zero-order valence-corrected chi connectivity index (χ0v) is 19.4. The number of aryl methyl sites for hydroxylation is 1. The second-order valence-corrected chi connectivity index (χ2v) is 8.93. The lowest BCUT2D eigenvalue weighted by molar-refractivity contribution is -0.145. The van der Waals surface area contributed by atoms with Crippen LogP contribution in [0.4, 0.5) is 0 Å². The minimum atomic E-state index is -0.670. The van der Waals surface area contributed by atoms with Gasteiger partial charge in [0.05, 0.1) is 17.9 Å². The summed E-state index contributed by atoms with van der Waals surface area (Å²) < 4.78 is 6.95. The van der Waals surface area contributed by atoms with Crippen LogP contribution in [0.3, 0.4) is 0 Å². The summed E-state index contributed by atoms with van der Waals surface area (Å²) in [5, 5.41) is 12.5. The first-order chi connectivity index (χ1) is 14.9. The normalized spacial score (nSPS) is 13.5. The number of ether oxygens (including phenoxy) is 1. The number of para-hydroxylation sites is 1. The highest BCUT2D eigenvalue weighted by Gasteiger charge is 2.27. The van der Waals surface area contributed by atoms with Crippen molar-refractivity contribution < 1.29 is 14.3 Å². The molecule has 2 unspecified atom stereocenters. The van der Waals surface area contributed by atoms with Gasteiger partial charge >= 0.3 is 5.97 Å². The first-order valence-corrected chi connectivity index (χ1v) is 11.4. The molecule has 0 radical (unpaired) electrons. The number of hydrogen-bond acceptors (Lipinski definition) is 7. The number of methoxy groups -OCH3 is 1. The van der Waals surface area contributed by atoms with Gasteiger partial charge in [0.2, 0.25) is 11.1 Å². The third-order valence-corrected chi connectivity index (χ3v) is 6.31. The minimum Gasteiger partial charge on any atom is -0.467 e. The highest BCUT2D eigenvalue weighted by Crippen LogP contribution is 2.28. The standard InChI is InChI=1S/C22H29N5O3S/c1-6-17(20(28)23-15(12-13(3)4)21(29)30-5)31-22-24-19-18(25-26-22)14-10-8-9-11-16(14)27(19)7-2/h8-11,13,15,17H,6-7,12H2,1-5H3,(H,23,28). The molecule has 31 heavy (non-hydrogen) atoms. The molecular weight excluding hydrogens is 414 g/mol. The van der Waals surface area contributed by atoms with E-state index in [1.54, 1.807) is 0 Å². The fourth-order valence-electron chi connectivity index (χ4n) is 3.60. The van der Waals surface area contributed by atoms with E-state index in [2.05, 4.69) is 27.0 Å². The molecule has 2 atom stereocenters. The molecule has 0 fully saturated rings. The molecule has 1 aromatic carbocycles. The largest absolute Gasteiger partial charge is 0.467 e. The number of amides is 1. The van der Waals surface area contributed by atoms with Gasteiger partial charge in [0.25, 0.3) is 0 Å². The second-order valence-electron chi connectivity index (χ2n) is 7.76. The van der Waals surface area contributed by atoms with Crippen molar-refractivity contribution in [1.29, 1.82) is 0 Å². The maximum atomic E-state index is 12.9. The fraction of sp³-hybridized carbons (Fsp3) is 0.500. The Morgan fingerprint density at radius 3 is 2.58 bits per heavy atom. The molecular formula is C22H29N5O3S. The maximum absolute atomic E-state index is 12.9. The SMILES string of the molecule is CCC(Sc1nnc2c3ccccc3n(CC)c2n1)C(=O)NC(CC(C)C)C(=O)OC. The van der Waals surface area contributed by atoms with Crippen LogP contribution in [0.1, 0.15) is 40.5 Å². The van der Waals surface area contributed by atoms with Gasteiger partial charge in [-0.1, -0.05) is 50.7 Å². The van der Waals surface area contributed by atoms with Gasteiger partial charge < -0.3 is 14.6 Å². The Bertz CT molecular complexity index is 1080. The highest BCUT2D eigenvalue weighted by molar-refractivity contribution is 8.00. The number of thioether (sulfide) groups is 1. The minimum absolute atomic E-state index is 0.233. The number of carbonyl (C=O) groups excluding carboxylic acids is 2. The summed E-state index contributed by atoms with van der Waals surface area (Å²) in [6.45, 7) is 8.72. The molecule has 0 aliphatic carbocycles. The summed E-state index contributed by atoms with van der Waals surface area (Å²) in [5.41, 5.74) is 2.56. The van der Waals surface area contributed by atoms with Crippen LogP contribution in [-0.2, 0) is 20.9 Å². The van der Waals surface area contributed by atoms with Crippen molar-refractivity contribution in [2.45, 2.75) is 63.5 Å². The Morgan fingerprint density at radius 2 is 1.94 bits per heavy atom. The zero-order chi connectivity index (χ0) is 22.5. The fourth-order valence-corrected chi connectivity index (χ4v) is 4.42. The predicted octanol–water partition coefficient (Wildman–Crippen LogP) is 3.57. The number of fused-ring (bicyclic) bond motifs is 3. The summed E-state index contributed by atoms with van der Waals surface area (Å²) in [4.78, 5) is 29.7. The molecule has 0 saturated heterocycles. The van der Waals surface area contributed by atoms with Crippen LogP contribution >= 0.6 is 11.8 Å². The van der Waals surface area contributed by atoms with Crippen LogP contribution in [0.15, 0.2) is 29.4 Å². The van der Waals surface area contributed by atoms with E-state index in [1.165, 1.54) is 18.9 Å². The number of nitrogens with zero attached hydrogens (tertiary/aromatic N) is 4. The molecule has 1 N–H and O–H groups in total. The molecule has 166 valence electrons. The molecule has 9 heteroatoms. The van der Waals surface area contributed by atoms with Crippen LogP contribution in [0.25, 0.3) is 22.1 Å². The second kappa shape index (κ2) is 10.1. The molecule has 3 aromatic rings. The lowest BCUT2D eigenvalue weighted by Crippen LogP contribution is -2.45. The molecule has 0 spiro atoms. The van der Waals surface area contributed by atoms with E-state index < -0.39 is 17.3 Å². The zero-order valence-electron chi connectivity index (χ0n) is 18.6. The van der Waals surface area contributed by atoms with E-state index >= 15 is 0 Å². The summed E-state index contributed by atoms with van der Waals surface area (Å²) in [6.07, 6.45) is 1.07. The number of hydrogen-bond donors (Lipinski definition) is 1. The Kier molecular flexibility index (Phi) is 7.48. The van der Waals surface area contributed by atoms with Crippen LogP contribution in [0.2, 0.25) is 0 Å². The lowest BCUT2D eigenvalue weighted by Gasteiger charge is -2.21. The third-order valence-electron chi connectivity index (χ3n) is 5.09. The predicted molar refractivity (Wildman–Crippen MR) is 122 cm³/mol. The van der Waals surface area contributed by atoms with Crippen LogP contribution < -0.4 is 5.32 Å². The van der Waals surface area contributed by atoms with E-state index in [1.807, 2.05) is 45.0 Å². The van der Waals surface area contributed by atoms with Crippen molar-refractivity contribution in [1.82, 2.24) is 25.1 Å². The number of esters is 1. The maximum Gasteiger partial charge on any atom is 0.328 e. The van der Waals surface area contributed by atoms with Crippen molar-refractivity contribution in [2.75, 3.05) is 7.11 Å². The van der Waals surface area contributed by atoms with Gasteiger partial charge in [0, 0.05) is 11.9 Å². The first kappa shape index (κ1) is 23.0. The Balaban J connectivity index is 1.84. The molecule has 0 saturated carbocycles. The molecule has 0 aliphatic heterocycles. The number of nitrogens with one attached hydrogen (secondary N) is 1. The van der Waals surface area contributed by atoms with Crippen molar-refractivity contribution in [3.63, 3.8) is 0 Å². The van der Waals surface area contributed by atoms with E-state index in [0.717, 1.165) is 28.6 Å². The van der Waals surface area contributed by atoms with Gasteiger partial charge in [-0.2, -0.15) is 0 Å². The topological polar surface area (TPSA) is 99.0 Å². The van der Waals surface area contributed by atoms with Crippen LogP contribution in [0, 0.1) is 5.92 Å². The highest BCUT2D eigenvalue weighted by atomic mass is 32.2. The van der Waals surface area contributed by atoms with Crippen LogP contribution in [-0.4, -0.2) is 50.0 Å². The summed E-state index contributed by atoms with van der Waals surface area (Å²) in [6, 6.07) is 7.34.